The van der Waals surface area contributed by atoms with E-state index in [1.807, 2.05) is 6.26 Å². The lowest BCUT2D eigenvalue weighted by molar-refractivity contribution is 0.121. The number of aromatic nitrogens is 2. The highest BCUT2D eigenvalue weighted by atomic mass is 79.9. The first-order valence-electron chi connectivity index (χ1n) is 3.18. The molecule has 0 aromatic carbocycles. The SMILES string of the molecule is CSc1cnn(CC(F)F)c1Br. The zero-order valence-electron chi connectivity index (χ0n) is 6.30. The number of nitrogens with zero attached hydrogens (tertiary/aromatic N) is 2. The molecule has 0 aliphatic carbocycles. The van der Waals surface area contributed by atoms with Gasteiger partial charge >= 0.3 is 0 Å². The van der Waals surface area contributed by atoms with E-state index >= 15 is 0 Å². The van der Waals surface area contributed by atoms with E-state index in [1.165, 1.54) is 16.4 Å². The second-order valence-electron chi connectivity index (χ2n) is 2.08. The first-order chi connectivity index (χ1) is 5.65. The van der Waals surface area contributed by atoms with Crippen molar-refractivity contribution in [1.29, 1.82) is 0 Å². The van der Waals surface area contributed by atoms with Crippen LogP contribution in [0.15, 0.2) is 15.7 Å². The summed E-state index contributed by atoms with van der Waals surface area (Å²) in [7, 11) is 0. The Hall–Kier alpha value is -0.100. The standard InChI is InChI=1S/C6H7BrF2N2S/c1-12-4-2-10-11(6(4)7)3-5(8)9/h2,5H,3H2,1H3. The monoisotopic (exact) mass is 256 g/mol. The summed E-state index contributed by atoms with van der Waals surface area (Å²) in [5.41, 5.74) is 0. The van der Waals surface area contributed by atoms with Crippen LogP contribution in [0.25, 0.3) is 0 Å². The minimum absolute atomic E-state index is 0.360. The van der Waals surface area contributed by atoms with Gasteiger partial charge in [-0.2, -0.15) is 5.10 Å². The molecule has 1 aromatic heterocycles. The van der Waals surface area contributed by atoms with Gasteiger partial charge in [0.2, 0.25) is 0 Å². The van der Waals surface area contributed by atoms with E-state index < -0.39 is 6.43 Å². The van der Waals surface area contributed by atoms with Gasteiger partial charge in [-0.1, -0.05) is 0 Å². The van der Waals surface area contributed by atoms with Gasteiger partial charge in [0, 0.05) is 0 Å². The molecule has 0 saturated carbocycles. The van der Waals surface area contributed by atoms with E-state index in [1.54, 1.807) is 6.20 Å². The molecule has 12 heavy (non-hydrogen) atoms. The van der Waals surface area contributed by atoms with Crippen molar-refractivity contribution < 1.29 is 8.78 Å². The summed E-state index contributed by atoms with van der Waals surface area (Å²) in [5, 5.41) is 3.80. The maximum atomic E-state index is 11.9. The third-order valence-corrected chi connectivity index (χ3v) is 3.11. The summed E-state index contributed by atoms with van der Waals surface area (Å²) in [6.45, 7) is -0.360. The van der Waals surface area contributed by atoms with E-state index in [0.29, 0.717) is 4.60 Å². The van der Waals surface area contributed by atoms with Crippen LogP contribution in [0.4, 0.5) is 8.78 Å². The smallest absolute Gasteiger partial charge is 0.252 e. The number of hydrogen-bond acceptors (Lipinski definition) is 2. The van der Waals surface area contributed by atoms with E-state index in [-0.39, 0.29) is 6.54 Å². The van der Waals surface area contributed by atoms with Crippen molar-refractivity contribution >= 4 is 27.7 Å². The summed E-state index contributed by atoms with van der Waals surface area (Å²) in [6, 6.07) is 0. The molecule has 0 N–H and O–H groups in total. The molecule has 0 saturated heterocycles. The van der Waals surface area contributed by atoms with Gasteiger partial charge < -0.3 is 0 Å². The zero-order chi connectivity index (χ0) is 9.14. The second kappa shape index (κ2) is 4.23. The summed E-state index contributed by atoms with van der Waals surface area (Å²) in [5.74, 6) is 0. The quantitative estimate of drug-likeness (QED) is 0.774. The van der Waals surface area contributed by atoms with Crippen LogP contribution < -0.4 is 0 Å². The maximum Gasteiger partial charge on any atom is 0.257 e. The van der Waals surface area contributed by atoms with Crippen molar-refractivity contribution in [1.82, 2.24) is 9.78 Å². The van der Waals surface area contributed by atoms with Crippen LogP contribution in [-0.2, 0) is 6.54 Å². The molecule has 2 nitrogen and oxygen atoms in total. The summed E-state index contributed by atoms with van der Waals surface area (Å²) in [6.07, 6.45) is 1.07. The van der Waals surface area contributed by atoms with Crippen molar-refractivity contribution in [2.45, 2.75) is 17.9 Å². The van der Waals surface area contributed by atoms with Crippen molar-refractivity contribution in [3.05, 3.63) is 10.8 Å². The third kappa shape index (κ3) is 2.20. The number of alkyl halides is 2. The largest absolute Gasteiger partial charge is 0.257 e. The van der Waals surface area contributed by atoms with Crippen LogP contribution in [0, 0.1) is 0 Å². The Kier molecular flexibility index (Phi) is 3.52. The van der Waals surface area contributed by atoms with Gasteiger partial charge in [0.15, 0.2) is 0 Å². The van der Waals surface area contributed by atoms with Crippen LogP contribution in [0.2, 0.25) is 0 Å². The van der Waals surface area contributed by atoms with E-state index in [9.17, 15) is 8.78 Å². The molecule has 0 unspecified atom stereocenters. The molecule has 0 spiro atoms. The third-order valence-electron chi connectivity index (χ3n) is 1.28. The Morgan fingerprint density at radius 3 is 2.83 bits per heavy atom. The Morgan fingerprint density at radius 2 is 2.42 bits per heavy atom. The minimum Gasteiger partial charge on any atom is -0.252 e. The molecule has 0 atom stereocenters. The number of hydrogen-bond donors (Lipinski definition) is 0. The predicted octanol–water partition coefficient (Wildman–Crippen LogP) is 2.63. The Labute approximate surface area is 81.5 Å². The topological polar surface area (TPSA) is 17.8 Å². The normalized spacial score (nSPS) is 11.1. The highest BCUT2D eigenvalue weighted by Crippen LogP contribution is 2.25. The zero-order valence-corrected chi connectivity index (χ0v) is 8.70. The van der Waals surface area contributed by atoms with Gasteiger partial charge in [0.1, 0.15) is 11.1 Å². The lowest BCUT2D eigenvalue weighted by Gasteiger charge is -2.01. The van der Waals surface area contributed by atoms with Gasteiger partial charge in [-0.3, -0.25) is 4.68 Å². The Bertz CT molecular complexity index is 264. The molecular weight excluding hydrogens is 250 g/mol. The molecule has 0 amide bonds. The number of thioether (sulfide) groups is 1. The molecule has 1 aromatic rings. The molecule has 6 heteroatoms. The molecule has 1 heterocycles. The molecule has 0 bridgehead atoms. The van der Waals surface area contributed by atoms with Gasteiger partial charge in [0.05, 0.1) is 11.1 Å². The van der Waals surface area contributed by atoms with Crippen LogP contribution in [0.1, 0.15) is 0 Å². The minimum atomic E-state index is -2.36. The molecule has 0 radical (unpaired) electrons. The lowest BCUT2D eigenvalue weighted by atomic mass is 10.6. The Morgan fingerprint density at radius 1 is 1.75 bits per heavy atom. The maximum absolute atomic E-state index is 11.9. The molecule has 68 valence electrons. The van der Waals surface area contributed by atoms with E-state index in [2.05, 4.69) is 21.0 Å². The second-order valence-corrected chi connectivity index (χ2v) is 3.68. The summed E-state index contributed by atoms with van der Waals surface area (Å²) >= 11 is 4.65. The molecule has 0 aliphatic heterocycles. The van der Waals surface area contributed by atoms with Crippen molar-refractivity contribution in [2.24, 2.45) is 0 Å². The first kappa shape index (κ1) is 9.98. The number of rotatable bonds is 3. The Balaban J connectivity index is 2.80. The molecule has 0 aliphatic rings. The van der Waals surface area contributed by atoms with Crippen LogP contribution in [0.3, 0.4) is 0 Å². The fourth-order valence-electron chi connectivity index (χ4n) is 0.748. The van der Waals surface area contributed by atoms with Gasteiger partial charge in [-0.05, 0) is 22.2 Å². The fraction of sp³-hybridized carbons (Fsp3) is 0.500. The highest BCUT2D eigenvalue weighted by Gasteiger charge is 2.10. The van der Waals surface area contributed by atoms with Gasteiger partial charge in [-0.15, -0.1) is 11.8 Å². The van der Waals surface area contributed by atoms with Crippen molar-refractivity contribution in [3.8, 4) is 0 Å². The van der Waals surface area contributed by atoms with Gasteiger partial charge in [0.25, 0.3) is 6.43 Å². The summed E-state index contributed by atoms with van der Waals surface area (Å²) in [4.78, 5) is 0.871. The van der Waals surface area contributed by atoms with Crippen LogP contribution in [-0.4, -0.2) is 22.5 Å². The van der Waals surface area contributed by atoms with E-state index in [4.69, 9.17) is 0 Å². The van der Waals surface area contributed by atoms with Crippen LogP contribution in [0.5, 0.6) is 0 Å². The first-order valence-corrected chi connectivity index (χ1v) is 5.20. The molecule has 0 fully saturated rings. The van der Waals surface area contributed by atoms with Crippen molar-refractivity contribution in [3.63, 3.8) is 0 Å². The average molecular weight is 257 g/mol. The van der Waals surface area contributed by atoms with Gasteiger partial charge in [-0.25, -0.2) is 8.78 Å². The molecular formula is C6H7BrF2N2S. The molecule has 1 rings (SSSR count). The average Bonchev–Trinajstić information content (AvgIpc) is 2.32. The van der Waals surface area contributed by atoms with Crippen molar-refractivity contribution in [2.75, 3.05) is 6.26 Å². The summed E-state index contributed by atoms with van der Waals surface area (Å²) < 4.78 is 25.7. The predicted molar refractivity (Wildman–Crippen MR) is 47.7 cm³/mol. The van der Waals surface area contributed by atoms with E-state index in [0.717, 1.165) is 4.90 Å². The number of halogens is 3. The lowest BCUT2D eigenvalue weighted by Crippen LogP contribution is -2.07. The van der Waals surface area contributed by atoms with Crippen LogP contribution >= 0.6 is 27.7 Å². The fourth-order valence-corrected chi connectivity index (χ4v) is 2.00. The highest BCUT2D eigenvalue weighted by molar-refractivity contribution is 9.10.